The highest BCUT2D eigenvalue weighted by atomic mass is 79.9. The van der Waals surface area contributed by atoms with Gasteiger partial charge in [-0.2, -0.15) is 0 Å². The SMILES string of the molecule is COc1cc2c(c(-c3ccc(Br)cc3)c1)-c1ccccc1NC(=O)N2. The first kappa shape index (κ1) is 15.7. The summed E-state index contributed by atoms with van der Waals surface area (Å²) in [6, 6.07) is 19.5. The van der Waals surface area contributed by atoms with Crippen molar-refractivity contribution >= 4 is 33.3 Å². The number of ether oxygens (including phenoxy) is 1. The van der Waals surface area contributed by atoms with Crippen LogP contribution in [0.3, 0.4) is 0 Å². The van der Waals surface area contributed by atoms with Gasteiger partial charge in [0.15, 0.2) is 0 Å². The number of para-hydroxylation sites is 1. The van der Waals surface area contributed by atoms with Crippen LogP contribution < -0.4 is 15.4 Å². The third-order valence-corrected chi connectivity index (χ3v) is 4.72. The molecule has 0 fully saturated rings. The van der Waals surface area contributed by atoms with Crippen LogP contribution in [0.5, 0.6) is 5.75 Å². The molecule has 4 rings (SSSR count). The van der Waals surface area contributed by atoms with E-state index in [1.54, 1.807) is 7.11 Å². The highest BCUT2D eigenvalue weighted by Gasteiger charge is 2.22. The van der Waals surface area contributed by atoms with Gasteiger partial charge in [-0.3, -0.25) is 0 Å². The fraction of sp³-hybridized carbons (Fsp3) is 0.0500. The van der Waals surface area contributed by atoms with Gasteiger partial charge in [-0.15, -0.1) is 0 Å². The van der Waals surface area contributed by atoms with Gasteiger partial charge in [-0.25, -0.2) is 4.79 Å². The number of halogens is 1. The zero-order chi connectivity index (χ0) is 17.4. The molecule has 2 amide bonds. The average molecular weight is 395 g/mol. The van der Waals surface area contributed by atoms with E-state index in [4.69, 9.17) is 4.74 Å². The molecular formula is C20H15BrN2O2. The Balaban J connectivity index is 2.05. The number of methoxy groups -OCH3 is 1. The Kier molecular flexibility index (Phi) is 3.93. The van der Waals surface area contributed by atoms with Crippen molar-refractivity contribution in [3.8, 4) is 28.0 Å². The highest BCUT2D eigenvalue weighted by Crippen LogP contribution is 2.45. The van der Waals surface area contributed by atoms with Gasteiger partial charge in [0.25, 0.3) is 0 Å². The molecular weight excluding hydrogens is 380 g/mol. The molecule has 124 valence electrons. The molecule has 0 unspecified atom stereocenters. The number of fused-ring (bicyclic) bond motifs is 3. The summed E-state index contributed by atoms with van der Waals surface area (Å²) in [7, 11) is 1.62. The predicted molar refractivity (Wildman–Crippen MR) is 104 cm³/mol. The number of urea groups is 1. The fourth-order valence-corrected chi connectivity index (χ4v) is 3.33. The molecule has 1 aliphatic rings. The number of rotatable bonds is 2. The molecule has 0 spiro atoms. The number of benzene rings is 3. The summed E-state index contributed by atoms with van der Waals surface area (Å²) in [6.45, 7) is 0. The lowest BCUT2D eigenvalue weighted by atomic mass is 9.92. The van der Waals surface area contributed by atoms with Crippen molar-refractivity contribution in [2.24, 2.45) is 0 Å². The Labute approximate surface area is 154 Å². The van der Waals surface area contributed by atoms with E-state index in [0.29, 0.717) is 5.75 Å². The summed E-state index contributed by atoms with van der Waals surface area (Å²) in [6.07, 6.45) is 0. The second-order valence-corrected chi connectivity index (χ2v) is 6.64. The number of hydrogen-bond acceptors (Lipinski definition) is 2. The van der Waals surface area contributed by atoms with Gasteiger partial charge in [0.05, 0.1) is 18.5 Å². The van der Waals surface area contributed by atoms with Crippen LogP contribution in [0.1, 0.15) is 0 Å². The smallest absolute Gasteiger partial charge is 0.323 e. The lowest BCUT2D eigenvalue weighted by Crippen LogP contribution is -2.17. The number of hydrogen-bond donors (Lipinski definition) is 2. The number of amides is 2. The Morgan fingerprint density at radius 1 is 0.880 bits per heavy atom. The van der Waals surface area contributed by atoms with Crippen LogP contribution in [-0.2, 0) is 0 Å². The Morgan fingerprint density at radius 3 is 2.36 bits per heavy atom. The van der Waals surface area contributed by atoms with E-state index < -0.39 is 0 Å². The molecule has 4 nitrogen and oxygen atoms in total. The van der Waals surface area contributed by atoms with Crippen molar-refractivity contribution in [3.63, 3.8) is 0 Å². The molecule has 0 atom stereocenters. The van der Waals surface area contributed by atoms with Gasteiger partial charge in [0.1, 0.15) is 5.75 Å². The summed E-state index contributed by atoms with van der Waals surface area (Å²) < 4.78 is 6.46. The quantitative estimate of drug-likeness (QED) is 0.581. The van der Waals surface area contributed by atoms with Crippen LogP contribution in [0.25, 0.3) is 22.3 Å². The van der Waals surface area contributed by atoms with Crippen molar-refractivity contribution in [2.45, 2.75) is 0 Å². The number of anilines is 2. The molecule has 5 heteroatoms. The first-order valence-corrected chi connectivity index (χ1v) is 8.60. The summed E-state index contributed by atoms with van der Waals surface area (Å²) in [4.78, 5) is 12.2. The standard InChI is InChI=1S/C20H15BrN2O2/c1-25-14-10-16(12-6-8-13(21)9-7-12)19-15-4-2-3-5-17(15)22-20(24)23-18(19)11-14/h2-11H,1H3,(H2,22,23,24). The molecule has 1 heterocycles. The molecule has 3 aromatic carbocycles. The van der Waals surface area contributed by atoms with Gasteiger partial charge in [0, 0.05) is 21.7 Å². The Hall–Kier alpha value is -2.79. The molecule has 0 bridgehead atoms. The summed E-state index contributed by atoms with van der Waals surface area (Å²) in [5, 5.41) is 5.82. The molecule has 0 aromatic heterocycles. The van der Waals surface area contributed by atoms with Crippen molar-refractivity contribution in [2.75, 3.05) is 17.7 Å². The van der Waals surface area contributed by atoms with Gasteiger partial charge < -0.3 is 15.4 Å². The second kappa shape index (κ2) is 6.26. The Morgan fingerprint density at radius 2 is 1.60 bits per heavy atom. The molecule has 1 aliphatic heterocycles. The van der Waals surface area contributed by atoms with Gasteiger partial charge in [0.2, 0.25) is 0 Å². The van der Waals surface area contributed by atoms with E-state index in [1.807, 2.05) is 60.7 Å². The van der Waals surface area contributed by atoms with Gasteiger partial charge in [-0.1, -0.05) is 46.3 Å². The minimum atomic E-state index is -0.263. The number of nitrogens with one attached hydrogen (secondary N) is 2. The molecule has 2 N–H and O–H groups in total. The second-order valence-electron chi connectivity index (χ2n) is 5.73. The van der Waals surface area contributed by atoms with Crippen LogP contribution in [0.4, 0.5) is 16.2 Å². The van der Waals surface area contributed by atoms with E-state index in [2.05, 4.69) is 26.6 Å². The maximum atomic E-state index is 12.2. The highest BCUT2D eigenvalue weighted by molar-refractivity contribution is 9.10. The van der Waals surface area contributed by atoms with Crippen LogP contribution in [0.2, 0.25) is 0 Å². The van der Waals surface area contributed by atoms with Crippen molar-refractivity contribution < 1.29 is 9.53 Å². The van der Waals surface area contributed by atoms with Crippen molar-refractivity contribution in [1.29, 1.82) is 0 Å². The molecule has 0 aliphatic carbocycles. The van der Waals surface area contributed by atoms with E-state index in [9.17, 15) is 4.79 Å². The van der Waals surface area contributed by atoms with Crippen molar-refractivity contribution in [3.05, 3.63) is 65.1 Å². The van der Waals surface area contributed by atoms with E-state index in [1.165, 1.54) is 0 Å². The molecule has 3 aromatic rings. The Bertz CT molecular complexity index is 968. The molecule has 0 saturated heterocycles. The normalized spacial score (nSPS) is 12.3. The summed E-state index contributed by atoms with van der Waals surface area (Å²) >= 11 is 3.48. The van der Waals surface area contributed by atoms with Crippen LogP contribution in [-0.4, -0.2) is 13.1 Å². The van der Waals surface area contributed by atoms with E-state index >= 15 is 0 Å². The minimum Gasteiger partial charge on any atom is -0.497 e. The zero-order valence-electron chi connectivity index (χ0n) is 13.5. The summed E-state index contributed by atoms with van der Waals surface area (Å²) in [5.74, 6) is 0.691. The topological polar surface area (TPSA) is 50.4 Å². The first-order valence-electron chi connectivity index (χ1n) is 7.81. The van der Waals surface area contributed by atoms with Gasteiger partial charge in [-0.05, 0) is 35.4 Å². The molecule has 0 radical (unpaired) electrons. The maximum Gasteiger partial charge on any atom is 0.323 e. The largest absolute Gasteiger partial charge is 0.497 e. The monoisotopic (exact) mass is 394 g/mol. The van der Waals surface area contributed by atoms with Gasteiger partial charge >= 0.3 is 6.03 Å². The van der Waals surface area contributed by atoms with E-state index in [-0.39, 0.29) is 6.03 Å². The third kappa shape index (κ3) is 2.87. The minimum absolute atomic E-state index is 0.263. The maximum absolute atomic E-state index is 12.2. The zero-order valence-corrected chi connectivity index (χ0v) is 15.1. The van der Waals surface area contributed by atoms with Crippen LogP contribution in [0.15, 0.2) is 65.1 Å². The van der Waals surface area contributed by atoms with E-state index in [0.717, 1.165) is 38.1 Å². The van der Waals surface area contributed by atoms with Crippen LogP contribution in [0, 0.1) is 0 Å². The number of carbonyl (C=O) groups is 1. The van der Waals surface area contributed by atoms with Crippen LogP contribution >= 0.6 is 15.9 Å². The summed E-state index contributed by atoms with van der Waals surface area (Å²) in [5.41, 5.74) is 5.48. The molecule has 0 saturated carbocycles. The number of carbonyl (C=O) groups excluding carboxylic acids is 1. The van der Waals surface area contributed by atoms with Crippen molar-refractivity contribution in [1.82, 2.24) is 0 Å². The predicted octanol–water partition coefficient (Wildman–Crippen LogP) is 5.75. The molecule has 25 heavy (non-hydrogen) atoms. The third-order valence-electron chi connectivity index (χ3n) is 4.20. The lowest BCUT2D eigenvalue weighted by molar-refractivity contribution is 0.262. The first-order chi connectivity index (χ1) is 12.2. The lowest BCUT2D eigenvalue weighted by Gasteiger charge is -2.16. The average Bonchev–Trinajstić information content (AvgIpc) is 2.76. The fourth-order valence-electron chi connectivity index (χ4n) is 3.07.